The summed E-state index contributed by atoms with van der Waals surface area (Å²) in [5, 5.41) is 20.0. The van der Waals surface area contributed by atoms with Crippen LogP contribution in [-0.2, 0) is 14.8 Å². The predicted molar refractivity (Wildman–Crippen MR) is 94.9 cm³/mol. The van der Waals surface area contributed by atoms with Gasteiger partial charge in [0.05, 0.1) is 27.4 Å². The smallest absolute Gasteiger partial charge is 0.305 e. The first kappa shape index (κ1) is 20.1. The van der Waals surface area contributed by atoms with Crippen molar-refractivity contribution < 1.29 is 23.2 Å². The summed E-state index contributed by atoms with van der Waals surface area (Å²) in [5.74, 6) is -1.35. The molecule has 11 heteroatoms. The lowest BCUT2D eigenvalue weighted by molar-refractivity contribution is -0.385. The number of nitrogens with zero attached hydrogens (tertiary/aromatic N) is 1. The number of nitro groups is 1. The number of carboxylic acid groups (broad SMARTS) is 1. The summed E-state index contributed by atoms with van der Waals surface area (Å²) < 4.78 is 27.5. The minimum Gasteiger partial charge on any atom is -0.481 e. The summed E-state index contributed by atoms with van der Waals surface area (Å²) in [5.41, 5.74) is -0.502. The predicted octanol–water partition coefficient (Wildman–Crippen LogP) is 3.40. The van der Waals surface area contributed by atoms with E-state index in [9.17, 15) is 23.3 Å². The van der Waals surface area contributed by atoms with Crippen molar-refractivity contribution in [2.24, 2.45) is 0 Å². The molecular formula is C15H12Cl2N2O6S. The number of carbonyl (C=O) groups is 1. The van der Waals surface area contributed by atoms with Crippen molar-refractivity contribution >= 4 is 44.9 Å². The monoisotopic (exact) mass is 418 g/mol. The zero-order valence-electron chi connectivity index (χ0n) is 12.9. The third kappa shape index (κ3) is 4.50. The maximum Gasteiger partial charge on any atom is 0.305 e. The summed E-state index contributed by atoms with van der Waals surface area (Å²) in [4.78, 5) is 21.2. The molecule has 2 aromatic carbocycles. The van der Waals surface area contributed by atoms with E-state index in [1.165, 1.54) is 36.4 Å². The van der Waals surface area contributed by atoms with Crippen LogP contribution in [0.15, 0.2) is 47.4 Å². The van der Waals surface area contributed by atoms with Gasteiger partial charge >= 0.3 is 5.97 Å². The molecule has 2 aromatic rings. The maximum atomic E-state index is 12.7. The van der Waals surface area contributed by atoms with Crippen LogP contribution < -0.4 is 4.72 Å². The highest BCUT2D eigenvalue weighted by molar-refractivity contribution is 7.89. The van der Waals surface area contributed by atoms with Crippen LogP contribution in [0.4, 0.5) is 5.69 Å². The number of hydrogen-bond donors (Lipinski definition) is 2. The highest BCUT2D eigenvalue weighted by Gasteiger charge is 2.30. The standard InChI is InChI=1S/C15H12Cl2N2O6S/c16-10-5-3-6-11(17)15(10)26(24,25)18-12(8-14(20)21)9-4-1-2-7-13(9)19(22)23/h1-7,12,18H,8H2,(H,20,21)/t12-/m1/s1. The molecule has 0 radical (unpaired) electrons. The van der Waals surface area contributed by atoms with Crippen molar-refractivity contribution in [2.45, 2.75) is 17.4 Å². The molecule has 2 rings (SSSR count). The Labute approximate surface area is 158 Å². The van der Waals surface area contributed by atoms with E-state index < -0.39 is 44.0 Å². The van der Waals surface area contributed by atoms with Crippen molar-refractivity contribution in [3.63, 3.8) is 0 Å². The molecule has 0 heterocycles. The fraction of sp³-hybridized carbons (Fsp3) is 0.133. The SMILES string of the molecule is O=C(O)C[C@@H](NS(=O)(=O)c1c(Cl)cccc1Cl)c1ccccc1[N+](=O)[O-]. The zero-order chi connectivity index (χ0) is 19.5. The molecule has 0 aliphatic rings. The van der Waals surface area contributed by atoms with Gasteiger partial charge in [0.2, 0.25) is 10.0 Å². The van der Waals surface area contributed by atoms with Crippen LogP contribution in [0.25, 0.3) is 0 Å². The Bertz CT molecular complexity index is 944. The van der Waals surface area contributed by atoms with Gasteiger partial charge < -0.3 is 5.11 Å². The van der Waals surface area contributed by atoms with Crippen LogP contribution in [0.2, 0.25) is 10.0 Å². The van der Waals surface area contributed by atoms with Crippen molar-refractivity contribution in [1.82, 2.24) is 4.72 Å². The Morgan fingerprint density at radius 3 is 2.27 bits per heavy atom. The number of nitro benzene ring substituents is 1. The van der Waals surface area contributed by atoms with E-state index in [-0.39, 0.29) is 15.6 Å². The molecule has 0 spiro atoms. The Balaban J connectivity index is 2.53. The van der Waals surface area contributed by atoms with Crippen LogP contribution in [0, 0.1) is 10.1 Å². The van der Waals surface area contributed by atoms with Gasteiger partial charge in [-0.2, -0.15) is 0 Å². The average Bonchev–Trinajstić information content (AvgIpc) is 2.53. The average molecular weight is 419 g/mol. The third-order valence-electron chi connectivity index (χ3n) is 3.37. The third-order valence-corrected chi connectivity index (χ3v) is 5.80. The minimum absolute atomic E-state index is 0.0911. The Morgan fingerprint density at radius 2 is 1.73 bits per heavy atom. The lowest BCUT2D eigenvalue weighted by atomic mass is 10.0. The van der Waals surface area contributed by atoms with Crippen molar-refractivity contribution in [2.75, 3.05) is 0 Å². The molecule has 0 saturated heterocycles. The van der Waals surface area contributed by atoms with E-state index in [0.717, 1.165) is 6.07 Å². The second kappa shape index (κ2) is 8.00. The second-order valence-corrected chi connectivity index (χ2v) is 7.60. The van der Waals surface area contributed by atoms with E-state index in [2.05, 4.69) is 4.72 Å². The Kier molecular flexibility index (Phi) is 6.19. The summed E-state index contributed by atoms with van der Waals surface area (Å²) in [6, 6.07) is 7.92. The number of carboxylic acids is 1. The van der Waals surface area contributed by atoms with Crippen LogP contribution >= 0.6 is 23.2 Å². The lowest BCUT2D eigenvalue weighted by Crippen LogP contribution is -2.31. The fourth-order valence-electron chi connectivity index (χ4n) is 2.32. The molecule has 0 fully saturated rings. The summed E-state index contributed by atoms with van der Waals surface area (Å²) in [6.45, 7) is 0. The zero-order valence-corrected chi connectivity index (χ0v) is 15.3. The largest absolute Gasteiger partial charge is 0.481 e. The molecule has 0 saturated carbocycles. The van der Waals surface area contributed by atoms with E-state index in [0.29, 0.717) is 0 Å². The first-order chi connectivity index (χ1) is 12.1. The summed E-state index contributed by atoms with van der Waals surface area (Å²) >= 11 is 11.8. The van der Waals surface area contributed by atoms with Gasteiger partial charge in [0.25, 0.3) is 5.69 Å². The van der Waals surface area contributed by atoms with Crippen LogP contribution in [0.5, 0.6) is 0 Å². The maximum absolute atomic E-state index is 12.7. The Morgan fingerprint density at radius 1 is 1.15 bits per heavy atom. The van der Waals surface area contributed by atoms with Crippen LogP contribution in [-0.4, -0.2) is 24.4 Å². The van der Waals surface area contributed by atoms with E-state index in [1.807, 2.05) is 0 Å². The van der Waals surface area contributed by atoms with Gasteiger partial charge in [-0.1, -0.05) is 47.5 Å². The number of hydrogen-bond acceptors (Lipinski definition) is 5. The highest BCUT2D eigenvalue weighted by Crippen LogP contribution is 2.32. The van der Waals surface area contributed by atoms with Crippen molar-refractivity contribution in [3.05, 3.63) is 68.2 Å². The van der Waals surface area contributed by atoms with E-state index >= 15 is 0 Å². The molecule has 0 bridgehead atoms. The van der Waals surface area contributed by atoms with E-state index in [1.54, 1.807) is 0 Å². The lowest BCUT2D eigenvalue weighted by Gasteiger charge is -2.18. The molecule has 0 amide bonds. The molecule has 26 heavy (non-hydrogen) atoms. The number of aliphatic carboxylic acids is 1. The number of rotatable bonds is 7. The normalized spacial score (nSPS) is 12.5. The van der Waals surface area contributed by atoms with Crippen molar-refractivity contribution in [3.8, 4) is 0 Å². The molecule has 0 unspecified atom stereocenters. The van der Waals surface area contributed by atoms with Crippen LogP contribution in [0.1, 0.15) is 18.0 Å². The molecule has 2 N–H and O–H groups in total. The number of benzene rings is 2. The second-order valence-electron chi connectivity index (χ2n) is 5.14. The fourth-order valence-corrected chi connectivity index (χ4v) is 4.68. The topological polar surface area (TPSA) is 127 Å². The van der Waals surface area contributed by atoms with Gasteiger partial charge in [-0.05, 0) is 12.1 Å². The quantitative estimate of drug-likeness (QED) is 0.523. The molecule has 0 aliphatic heterocycles. The minimum atomic E-state index is -4.36. The van der Waals surface area contributed by atoms with Gasteiger partial charge in [-0.25, -0.2) is 13.1 Å². The van der Waals surface area contributed by atoms with Gasteiger partial charge in [0.15, 0.2) is 0 Å². The van der Waals surface area contributed by atoms with Gasteiger partial charge in [-0.15, -0.1) is 0 Å². The van der Waals surface area contributed by atoms with E-state index in [4.69, 9.17) is 28.3 Å². The Hall–Kier alpha value is -2.20. The number of nitrogens with one attached hydrogen (secondary N) is 1. The molecule has 0 aromatic heterocycles. The number of para-hydroxylation sites is 1. The van der Waals surface area contributed by atoms with Gasteiger partial charge in [0.1, 0.15) is 4.90 Å². The van der Waals surface area contributed by atoms with Gasteiger partial charge in [0, 0.05) is 11.6 Å². The summed E-state index contributed by atoms with van der Waals surface area (Å²) in [6.07, 6.45) is -0.716. The number of halogens is 2. The van der Waals surface area contributed by atoms with Crippen molar-refractivity contribution in [1.29, 1.82) is 0 Å². The van der Waals surface area contributed by atoms with Crippen LogP contribution in [0.3, 0.4) is 0 Å². The first-order valence-electron chi connectivity index (χ1n) is 7.05. The molecule has 0 aliphatic carbocycles. The molecule has 138 valence electrons. The highest BCUT2D eigenvalue weighted by atomic mass is 35.5. The van der Waals surface area contributed by atoms with Gasteiger partial charge in [-0.3, -0.25) is 14.9 Å². The molecular weight excluding hydrogens is 407 g/mol. The summed E-state index contributed by atoms with van der Waals surface area (Å²) in [7, 11) is -4.36. The molecule has 1 atom stereocenters. The molecule has 8 nitrogen and oxygen atoms in total. The first-order valence-corrected chi connectivity index (χ1v) is 9.29. The number of sulfonamides is 1.